The van der Waals surface area contributed by atoms with Crippen LogP contribution in [-0.4, -0.2) is 30.0 Å². The van der Waals surface area contributed by atoms with Crippen molar-refractivity contribution in [3.8, 4) is 28.7 Å². The largest absolute Gasteiger partial charge is 0.481 e. The fourth-order valence-electron chi connectivity index (χ4n) is 4.32. The maximum absolute atomic E-state index is 13.8. The van der Waals surface area contributed by atoms with Crippen molar-refractivity contribution in [3.05, 3.63) is 96.9 Å². The lowest BCUT2D eigenvalue weighted by Gasteiger charge is -2.19. The number of carboxylic acid groups (broad SMARTS) is 1. The summed E-state index contributed by atoms with van der Waals surface area (Å²) in [5, 5.41) is 22.4. The summed E-state index contributed by atoms with van der Waals surface area (Å²) in [6.45, 7) is 1.30. The minimum absolute atomic E-state index is 0.00369. The van der Waals surface area contributed by atoms with Crippen molar-refractivity contribution in [2.45, 2.75) is 38.9 Å². The number of nitriles is 1. The average Bonchev–Trinajstić information content (AvgIpc) is 3.28. The summed E-state index contributed by atoms with van der Waals surface area (Å²) in [5.41, 5.74) is -1.43. The zero-order chi connectivity index (χ0) is 29.2. The van der Waals surface area contributed by atoms with Gasteiger partial charge in [-0.25, -0.2) is 9.48 Å². The number of hydrogen-bond acceptors (Lipinski definition) is 5. The Morgan fingerprint density at radius 2 is 1.80 bits per heavy atom. The lowest BCUT2D eigenvalue weighted by molar-refractivity contribution is -0.138. The first-order valence-electron chi connectivity index (χ1n) is 11.9. The first-order valence-corrected chi connectivity index (χ1v) is 12.7. The van der Waals surface area contributed by atoms with Crippen molar-refractivity contribution < 1.29 is 23.1 Å². The van der Waals surface area contributed by atoms with Crippen LogP contribution in [0.2, 0.25) is 0 Å². The van der Waals surface area contributed by atoms with Gasteiger partial charge < -0.3 is 5.11 Å². The molecule has 0 bridgehead atoms. The van der Waals surface area contributed by atoms with Crippen LogP contribution < -0.4 is 11.2 Å². The standard InChI is InChI=1S/C27H21BrF3N5O4/c1-16-23(24-21(28)15-33-36(24)19-10-8-17(14-32)9-11-19)25(39)34(12-3-2-7-22(37)38)26(40)35(16)20-6-4-5-18(13-20)27(29,30)31/h4-6,8-11,13,15H,2-3,7,12H2,1H3,(H,37,38). The summed E-state index contributed by atoms with van der Waals surface area (Å²) >= 11 is 3.40. The molecule has 0 aliphatic carbocycles. The van der Waals surface area contributed by atoms with Crippen LogP contribution in [-0.2, 0) is 17.5 Å². The summed E-state index contributed by atoms with van der Waals surface area (Å²) in [7, 11) is 0. The van der Waals surface area contributed by atoms with Crippen molar-refractivity contribution in [1.29, 1.82) is 5.26 Å². The highest BCUT2D eigenvalue weighted by Crippen LogP contribution is 2.33. The van der Waals surface area contributed by atoms with E-state index >= 15 is 0 Å². The minimum atomic E-state index is -4.67. The predicted molar refractivity (Wildman–Crippen MR) is 142 cm³/mol. The highest BCUT2D eigenvalue weighted by Gasteiger charge is 2.31. The number of benzene rings is 2. The number of halogens is 4. The number of aromatic nitrogens is 4. The monoisotopic (exact) mass is 615 g/mol. The molecule has 0 spiro atoms. The van der Waals surface area contributed by atoms with Gasteiger partial charge in [0, 0.05) is 18.7 Å². The molecule has 0 atom stereocenters. The van der Waals surface area contributed by atoms with Crippen molar-refractivity contribution in [2.75, 3.05) is 0 Å². The molecule has 0 aliphatic heterocycles. The van der Waals surface area contributed by atoms with Crippen molar-refractivity contribution >= 4 is 21.9 Å². The van der Waals surface area contributed by atoms with E-state index in [0.29, 0.717) is 15.7 Å². The second kappa shape index (κ2) is 11.4. The molecule has 2 aromatic heterocycles. The molecule has 2 heterocycles. The van der Waals surface area contributed by atoms with Crippen molar-refractivity contribution in [1.82, 2.24) is 18.9 Å². The van der Waals surface area contributed by atoms with Crippen LogP contribution in [0, 0.1) is 18.3 Å². The number of hydrogen-bond donors (Lipinski definition) is 1. The zero-order valence-corrected chi connectivity index (χ0v) is 22.5. The van der Waals surface area contributed by atoms with Gasteiger partial charge in [-0.15, -0.1) is 0 Å². The first kappa shape index (κ1) is 28.6. The molecule has 0 fully saturated rings. The molecule has 40 heavy (non-hydrogen) atoms. The maximum Gasteiger partial charge on any atom is 0.416 e. The molecule has 0 unspecified atom stereocenters. The van der Waals surface area contributed by atoms with E-state index in [-0.39, 0.29) is 48.4 Å². The number of rotatable bonds is 8. The Kier molecular flexibility index (Phi) is 8.11. The summed E-state index contributed by atoms with van der Waals surface area (Å²) in [5.74, 6) is -1.03. The Balaban J connectivity index is 2.00. The lowest BCUT2D eigenvalue weighted by atomic mass is 10.1. The number of alkyl halides is 3. The van der Waals surface area contributed by atoms with Gasteiger partial charge in [-0.2, -0.15) is 23.5 Å². The smallest absolute Gasteiger partial charge is 0.416 e. The summed E-state index contributed by atoms with van der Waals surface area (Å²) in [4.78, 5) is 38.4. The molecule has 2 aromatic carbocycles. The minimum Gasteiger partial charge on any atom is -0.481 e. The van der Waals surface area contributed by atoms with Crippen LogP contribution in [0.15, 0.2) is 68.8 Å². The van der Waals surface area contributed by atoms with E-state index < -0.39 is 29.0 Å². The first-order chi connectivity index (χ1) is 18.9. The van der Waals surface area contributed by atoms with E-state index in [9.17, 15) is 27.6 Å². The predicted octanol–water partition coefficient (Wildman–Crippen LogP) is 5.07. The van der Waals surface area contributed by atoms with Crippen molar-refractivity contribution in [3.63, 3.8) is 0 Å². The second-order valence-electron chi connectivity index (χ2n) is 8.85. The second-order valence-corrected chi connectivity index (χ2v) is 9.70. The number of unbranched alkanes of at least 4 members (excludes halogenated alkanes) is 1. The number of carbonyl (C=O) groups is 1. The van der Waals surface area contributed by atoms with Gasteiger partial charge in [0.1, 0.15) is 0 Å². The average molecular weight is 616 g/mol. The van der Waals surface area contributed by atoms with Gasteiger partial charge in [-0.1, -0.05) is 6.07 Å². The number of aliphatic carboxylic acids is 1. The molecular weight excluding hydrogens is 595 g/mol. The van der Waals surface area contributed by atoms with E-state index in [1.165, 1.54) is 29.9 Å². The Labute approximate surface area is 233 Å². The number of carboxylic acids is 1. The summed E-state index contributed by atoms with van der Waals surface area (Å²) in [6.07, 6.45) is -3.06. The summed E-state index contributed by atoms with van der Waals surface area (Å²) < 4.78 is 44.3. The van der Waals surface area contributed by atoms with Gasteiger partial charge in [-0.05, 0) is 78.2 Å². The normalized spacial score (nSPS) is 11.4. The van der Waals surface area contributed by atoms with Crippen molar-refractivity contribution in [2.24, 2.45) is 0 Å². The molecule has 13 heteroatoms. The fraction of sp³-hybridized carbons (Fsp3) is 0.222. The van der Waals surface area contributed by atoms with E-state index in [2.05, 4.69) is 21.0 Å². The summed E-state index contributed by atoms with van der Waals surface area (Å²) in [6, 6.07) is 12.6. The van der Waals surface area contributed by atoms with Gasteiger partial charge >= 0.3 is 17.8 Å². The van der Waals surface area contributed by atoms with Crippen LogP contribution in [0.1, 0.15) is 36.1 Å². The van der Waals surface area contributed by atoms with Gasteiger partial charge in [0.15, 0.2) is 0 Å². The molecule has 0 aliphatic rings. The van der Waals surface area contributed by atoms with Gasteiger partial charge in [0.25, 0.3) is 5.56 Å². The highest BCUT2D eigenvalue weighted by molar-refractivity contribution is 9.10. The van der Waals surface area contributed by atoms with Crippen LogP contribution in [0.25, 0.3) is 22.6 Å². The molecule has 4 rings (SSSR count). The lowest BCUT2D eigenvalue weighted by Crippen LogP contribution is -2.42. The quantitative estimate of drug-likeness (QED) is 0.276. The highest BCUT2D eigenvalue weighted by atomic mass is 79.9. The van der Waals surface area contributed by atoms with Gasteiger partial charge in [0.2, 0.25) is 0 Å². The van der Waals surface area contributed by atoms with E-state index in [1.807, 2.05) is 6.07 Å². The third kappa shape index (κ3) is 5.62. The molecule has 4 aromatic rings. The zero-order valence-electron chi connectivity index (χ0n) is 20.9. The maximum atomic E-state index is 13.8. The molecule has 0 radical (unpaired) electrons. The van der Waals surface area contributed by atoms with Crippen LogP contribution in [0.3, 0.4) is 0 Å². The fourth-order valence-corrected chi connectivity index (χ4v) is 4.78. The Bertz CT molecular complexity index is 1750. The molecule has 9 nitrogen and oxygen atoms in total. The van der Waals surface area contributed by atoms with Gasteiger partial charge in [-0.3, -0.25) is 18.7 Å². The molecular formula is C27H21BrF3N5O4. The van der Waals surface area contributed by atoms with Crippen LogP contribution in [0.4, 0.5) is 13.2 Å². The Hall–Kier alpha value is -4.44. The molecule has 0 saturated carbocycles. The topological polar surface area (TPSA) is 123 Å². The third-order valence-corrected chi connectivity index (χ3v) is 6.82. The molecule has 0 saturated heterocycles. The van der Waals surface area contributed by atoms with E-state index in [0.717, 1.165) is 21.3 Å². The molecule has 206 valence electrons. The van der Waals surface area contributed by atoms with E-state index in [1.54, 1.807) is 24.3 Å². The SMILES string of the molecule is Cc1c(-c2c(Br)cnn2-c2ccc(C#N)cc2)c(=O)n(CCCCC(=O)O)c(=O)n1-c1cccc(C(F)(F)F)c1. The van der Waals surface area contributed by atoms with Gasteiger partial charge in [0.05, 0.1) is 50.5 Å². The van der Waals surface area contributed by atoms with E-state index in [4.69, 9.17) is 10.4 Å². The molecule has 0 amide bonds. The Morgan fingerprint density at radius 3 is 2.42 bits per heavy atom. The number of nitrogens with zero attached hydrogens (tertiary/aromatic N) is 5. The van der Waals surface area contributed by atoms with Crippen LogP contribution in [0.5, 0.6) is 0 Å². The third-order valence-electron chi connectivity index (χ3n) is 6.23. The Morgan fingerprint density at radius 1 is 1.10 bits per heavy atom. The molecule has 1 N–H and O–H groups in total. The van der Waals surface area contributed by atoms with Crippen LogP contribution >= 0.6 is 15.9 Å².